The van der Waals surface area contributed by atoms with E-state index in [4.69, 9.17) is 4.74 Å². The molecule has 0 atom stereocenters. The van der Waals surface area contributed by atoms with Gasteiger partial charge in [0, 0.05) is 5.54 Å². The molecule has 1 amide bonds. The van der Waals surface area contributed by atoms with E-state index < -0.39 is 6.09 Å². The van der Waals surface area contributed by atoms with Crippen molar-refractivity contribution in [2.24, 2.45) is 4.99 Å². The van der Waals surface area contributed by atoms with E-state index in [-0.39, 0.29) is 11.1 Å². The summed E-state index contributed by atoms with van der Waals surface area (Å²) >= 11 is 0. The molecular formula is C12H25N3O2. The maximum Gasteiger partial charge on any atom is 0.413 e. The highest BCUT2D eigenvalue weighted by molar-refractivity contribution is 5.94. The number of alkyl carbamates (subject to hydrolysis) is 1. The lowest BCUT2D eigenvalue weighted by Crippen LogP contribution is -2.50. The molecule has 5 heteroatoms. The van der Waals surface area contributed by atoms with E-state index in [9.17, 15) is 4.79 Å². The molecule has 0 aromatic heterocycles. The van der Waals surface area contributed by atoms with Crippen LogP contribution in [0.25, 0.3) is 0 Å². The standard InChI is InChI=1S/C12H25N3O2/c1-8-17-10(16)13-9(14-11(2,3)4)15-12(5,6)7/h8H2,1-7H3,(H2,13,14,15,16). The fourth-order valence-corrected chi connectivity index (χ4v) is 1.04. The second-order valence-corrected chi connectivity index (χ2v) is 5.85. The number of rotatable bonds is 1. The third-order valence-corrected chi connectivity index (χ3v) is 1.44. The molecule has 0 saturated carbocycles. The molecule has 0 aliphatic rings. The third-order valence-electron chi connectivity index (χ3n) is 1.44. The van der Waals surface area contributed by atoms with Crippen molar-refractivity contribution < 1.29 is 9.53 Å². The van der Waals surface area contributed by atoms with Crippen LogP contribution in [0.5, 0.6) is 0 Å². The number of nitrogens with zero attached hydrogens (tertiary/aromatic N) is 1. The summed E-state index contributed by atoms with van der Waals surface area (Å²) < 4.78 is 4.83. The molecule has 0 radical (unpaired) electrons. The molecule has 0 aliphatic carbocycles. The van der Waals surface area contributed by atoms with Gasteiger partial charge in [-0.2, -0.15) is 0 Å². The van der Waals surface area contributed by atoms with E-state index in [0.29, 0.717) is 12.6 Å². The van der Waals surface area contributed by atoms with Crippen molar-refractivity contribution in [1.82, 2.24) is 10.6 Å². The minimum atomic E-state index is -0.493. The summed E-state index contributed by atoms with van der Waals surface area (Å²) in [6.45, 7) is 14.0. The first-order valence-corrected chi connectivity index (χ1v) is 5.85. The summed E-state index contributed by atoms with van der Waals surface area (Å²) in [5.41, 5.74) is -0.448. The Bertz CT molecular complexity index is 285. The summed E-state index contributed by atoms with van der Waals surface area (Å²) in [5, 5.41) is 5.75. The Hall–Kier alpha value is -1.26. The predicted molar refractivity (Wildman–Crippen MR) is 70.2 cm³/mol. The van der Waals surface area contributed by atoms with Gasteiger partial charge in [-0.15, -0.1) is 0 Å². The van der Waals surface area contributed by atoms with E-state index >= 15 is 0 Å². The fraction of sp³-hybridized carbons (Fsp3) is 0.833. The number of carbonyl (C=O) groups is 1. The van der Waals surface area contributed by atoms with Crippen LogP contribution in [0.3, 0.4) is 0 Å². The molecule has 0 heterocycles. The highest BCUT2D eigenvalue weighted by Gasteiger charge is 2.18. The molecule has 0 aromatic carbocycles. The number of hydrogen-bond acceptors (Lipinski definition) is 3. The molecule has 0 bridgehead atoms. The number of aliphatic imine (C=N–C) groups is 1. The summed E-state index contributed by atoms with van der Waals surface area (Å²) in [6, 6.07) is 0. The molecule has 0 aromatic rings. The van der Waals surface area contributed by atoms with Crippen LogP contribution in [0.1, 0.15) is 48.5 Å². The number of ether oxygens (including phenoxy) is 1. The molecular weight excluding hydrogens is 218 g/mol. The van der Waals surface area contributed by atoms with Gasteiger partial charge in [0.05, 0.1) is 12.1 Å². The van der Waals surface area contributed by atoms with Gasteiger partial charge in [-0.3, -0.25) is 5.32 Å². The van der Waals surface area contributed by atoms with Crippen LogP contribution < -0.4 is 10.6 Å². The van der Waals surface area contributed by atoms with E-state index in [0.717, 1.165) is 0 Å². The first-order valence-electron chi connectivity index (χ1n) is 5.85. The highest BCUT2D eigenvalue weighted by atomic mass is 16.5. The SMILES string of the molecule is CCOC(=O)NC(=NC(C)(C)C)NC(C)(C)C. The van der Waals surface area contributed by atoms with Gasteiger partial charge in [0.2, 0.25) is 5.96 Å². The van der Waals surface area contributed by atoms with Crippen LogP contribution in [0.4, 0.5) is 4.79 Å². The topological polar surface area (TPSA) is 62.7 Å². The first kappa shape index (κ1) is 15.7. The Balaban J connectivity index is 4.76. The minimum absolute atomic E-state index is 0.177. The molecule has 0 spiro atoms. The lowest BCUT2D eigenvalue weighted by molar-refractivity contribution is 0.157. The Labute approximate surface area is 104 Å². The van der Waals surface area contributed by atoms with Crippen LogP contribution in [0.2, 0.25) is 0 Å². The van der Waals surface area contributed by atoms with Gasteiger partial charge in [0.15, 0.2) is 0 Å². The monoisotopic (exact) mass is 243 g/mol. The first-order chi connectivity index (χ1) is 7.53. The number of amides is 1. The lowest BCUT2D eigenvalue weighted by Gasteiger charge is -2.25. The summed E-state index contributed by atoms with van der Waals surface area (Å²) in [4.78, 5) is 15.8. The maximum absolute atomic E-state index is 11.4. The number of nitrogens with one attached hydrogen (secondary N) is 2. The average Bonchev–Trinajstić information content (AvgIpc) is 1.96. The van der Waals surface area contributed by atoms with Gasteiger partial charge in [-0.1, -0.05) is 0 Å². The van der Waals surface area contributed by atoms with E-state index in [2.05, 4.69) is 15.6 Å². The van der Waals surface area contributed by atoms with Gasteiger partial charge < -0.3 is 10.1 Å². The van der Waals surface area contributed by atoms with Crippen molar-refractivity contribution in [3.8, 4) is 0 Å². The number of carbonyl (C=O) groups excluding carboxylic acids is 1. The average molecular weight is 243 g/mol. The second-order valence-electron chi connectivity index (χ2n) is 5.85. The van der Waals surface area contributed by atoms with Gasteiger partial charge in [-0.05, 0) is 48.5 Å². The molecule has 0 unspecified atom stereocenters. The van der Waals surface area contributed by atoms with E-state index in [1.165, 1.54) is 0 Å². The van der Waals surface area contributed by atoms with Crippen molar-refractivity contribution in [2.75, 3.05) is 6.61 Å². The second kappa shape index (κ2) is 5.89. The molecule has 5 nitrogen and oxygen atoms in total. The molecule has 0 aliphatic heterocycles. The van der Waals surface area contributed by atoms with Crippen LogP contribution in [-0.4, -0.2) is 29.7 Å². The highest BCUT2D eigenvalue weighted by Crippen LogP contribution is 2.07. The zero-order valence-electron chi connectivity index (χ0n) is 12.0. The maximum atomic E-state index is 11.4. The lowest BCUT2D eigenvalue weighted by atomic mass is 10.1. The number of hydrogen-bond donors (Lipinski definition) is 2. The van der Waals surface area contributed by atoms with Crippen LogP contribution in [-0.2, 0) is 4.74 Å². The van der Waals surface area contributed by atoms with Crippen LogP contribution in [0, 0.1) is 0 Å². The van der Waals surface area contributed by atoms with Crippen molar-refractivity contribution >= 4 is 12.1 Å². The van der Waals surface area contributed by atoms with Gasteiger partial charge in [0.1, 0.15) is 0 Å². The Kier molecular flexibility index (Phi) is 5.45. The fourth-order valence-electron chi connectivity index (χ4n) is 1.04. The largest absolute Gasteiger partial charge is 0.450 e. The summed E-state index contributed by atoms with van der Waals surface area (Å²) in [7, 11) is 0. The predicted octanol–water partition coefficient (Wildman–Crippen LogP) is 2.28. The molecule has 100 valence electrons. The molecule has 2 N–H and O–H groups in total. The van der Waals surface area contributed by atoms with Crippen LogP contribution in [0.15, 0.2) is 4.99 Å². The molecule has 17 heavy (non-hydrogen) atoms. The minimum Gasteiger partial charge on any atom is -0.450 e. The smallest absolute Gasteiger partial charge is 0.413 e. The van der Waals surface area contributed by atoms with E-state index in [1.54, 1.807) is 6.92 Å². The van der Waals surface area contributed by atoms with Crippen LogP contribution >= 0.6 is 0 Å². The third kappa shape index (κ3) is 9.66. The zero-order chi connectivity index (χ0) is 13.7. The molecule has 0 rings (SSSR count). The molecule has 0 saturated heterocycles. The van der Waals surface area contributed by atoms with Gasteiger partial charge in [-0.25, -0.2) is 9.79 Å². The number of guanidine groups is 1. The zero-order valence-corrected chi connectivity index (χ0v) is 12.0. The van der Waals surface area contributed by atoms with Crippen molar-refractivity contribution in [1.29, 1.82) is 0 Å². The van der Waals surface area contributed by atoms with Crippen molar-refractivity contribution in [3.63, 3.8) is 0 Å². The Morgan fingerprint density at radius 2 is 1.71 bits per heavy atom. The van der Waals surface area contributed by atoms with E-state index in [1.807, 2.05) is 41.5 Å². The molecule has 0 fully saturated rings. The van der Waals surface area contributed by atoms with Crippen molar-refractivity contribution in [2.45, 2.75) is 59.5 Å². The summed E-state index contributed by atoms with van der Waals surface area (Å²) in [6.07, 6.45) is -0.493. The van der Waals surface area contributed by atoms with Crippen molar-refractivity contribution in [3.05, 3.63) is 0 Å². The normalized spacial score (nSPS) is 13.2. The van der Waals surface area contributed by atoms with Gasteiger partial charge in [0.25, 0.3) is 0 Å². The Morgan fingerprint density at radius 1 is 1.18 bits per heavy atom. The van der Waals surface area contributed by atoms with Gasteiger partial charge >= 0.3 is 6.09 Å². The summed E-state index contributed by atoms with van der Waals surface area (Å²) in [5.74, 6) is 0.434. The quantitative estimate of drug-likeness (QED) is 0.548. The Morgan fingerprint density at radius 3 is 2.06 bits per heavy atom.